The van der Waals surface area contributed by atoms with Gasteiger partial charge in [0.05, 0.1) is 16.9 Å². The Morgan fingerprint density at radius 1 is 1.57 bits per heavy atom. The molecule has 0 fully saturated rings. The van der Waals surface area contributed by atoms with Crippen LogP contribution in [0.2, 0.25) is 5.02 Å². The molecular weight excluding hydrogens is 219 g/mol. The van der Waals surface area contributed by atoms with Gasteiger partial charge in [-0.2, -0.15) is 5.10 Å². The van der Waals surface area contributed by atoms with Crippen LogP contribution in [-0.4, -0.2) is 15.7 Å². The first-order valence-corrected chi connectivity index (χ1v) is 5.64. The largest absolute Gasteiger partial charge is 0.264 e. The van der Waals surface area contributed by atoms with Crippen LogP contribution in [0.3, 0.4) is 0 Å². The summed E-state index contributed by atoms with van der Waals surface area (Å²) in [6.07, 6.45) is 7.58. The number of halogens is 2. The summed E-state index contributed by atoms with van der Waals surface area (Å²) in [7, 11) is 0. The standard InChI is InChI=1S/C10H14Cl2N2/c1-2-7-14-10(5-3-4-6-11)9(12)8-13-14/h3,5,8H,2,4,6-7H2,1H3/b5-3+. The Hall–Kier alpha value is -0.470. The van der Waals surface area contributed by atoms with Crippen LogP contribution in [0.5, 0.6) is 0 Å². The number of rotatable bonds is 5. The Labute approximate surface area is 94.5 Å². The molecule has 0 radical (unpaired) electrons. The molecule has 1 heterocycles. The predicted molar refractivity (Wildman–Crippen MR) is 61.9 cm³/mol. The maximum atomic E-state index is 5.99. The lowest BCUT2D eigenvalue weighted by molar-refractivity contribution is 0.598. The number of allylic oxidation sites excluding steroid dienone is 1. The maximum absolute atomic E-state index is 5.99. The van der Waals surface area contributed by atoms with E-state index in [2.05, 4.69) is 12.0 Å². The van der Waals surface area contributed by atoms with Gasteiger partial charge in [0.1, 0.15) is 0 Å². The van der Waals surface area contributed by atoms with E-state index >= 15 is 0 Å². The Bertz CT molecular complexity index is 305. The zero-order valence-electron chi connectivity index (χ0n) is 8.21. The molecule has 2 nitrogen and oxygen atoms in total. The van der Waals surface area contributed by atoms with Gasteiger partial charge in [-0.1, -0.05) is 24.6 Å². The van der Waals surface area contributed by atoms with Crippen molar-refractivity contribution in [2.24, 2.45) is 0 Å². The molecule has 0 aliphatic rings. The highest BCUT2D eigenvalue weighted by Gasteiger charge is 2.03. The molecule has 1 aromatic heterocycles. The molecule has 0 N–H and O–H groups in total. The summed E-state index contributed by atoms with van der Waals surface area (Å²) in [6.45, 7) is 3.01. The highest BCUT2D eigenvalue weighted by atomic mass is 35.5. The zero-order chi connectivity index (χ0) is 10.4. The van der Waals surface area contributed by atoms with E-state index in [-0.39, 0.29) is 0 Å². The smallest absolute Gasteiger partial charge is 0.0859 e. The summed E-state index contributed by atoms with van der Waals surface area (Å²) in [4.78, 5) is 0. The Morgan fingerprint density at radius 3 is 3.00 bits per heavy atom. The van der Waals surface area contributed by atoms with Gasteiger partial charge in [-0.05, 0) is 18.9 Å². The van der Waals surface area contributed by atoms with E-state index in [4.69, 9.17) is 23.2 Å². The number of hydrogen-bond acceptors (Lipinski definition) is 1. The normalized spacial score (nSPS) is 11.4. The second-order valence-electron chi connectivity index (χ2n) is 2.98. The van der Waals surface area contributed by atoms with Gasteiger partial charge in [0.25, 0.3) is 0 Å². The second kappa shape index (κ2) is 6.10. The lowest BCUT2D eigenvalue weighted by Crippen LogP contribution is -2.00. The molecule has 14 heavy (non-hydrogen) atoms. The first kappa shape index (κ1) is 11.6. The van der Waals surface area contributed by atoms with Gasteiger partial charge in [0.15, 0.2) is 0 Å². The predicted octanol–water partition coefficient (Wildman–Crippen LogP) is 3.59. The third kappa shape index (κ3) is 3.03. The summed E-state index contributed by atoms with van der Waals surface area (Å²) in [6, 6.07) is 0. The molecule has 0 amide bonds. The van der Waals surface area contributed by atoms with Crippen molar-refractivity contribution in [1.29, 1.82) is 0 Å². The number of aromatic nitrogens is 2. The Kier molecular flexibility index (Phi) is 5.05. The average Bonchev–Trinajstić information content (AvgIpc) is 2.50. The van der Waals surface area contributed by atoms with Crippen LogP contribution < -0.4 is 0 Å². The number of hydrogen-bond donors (Lipinski definition) is 0. The van der Waals surface area contributed by atoms with Crippen LogP contribution >= 0.6 is 23.2 Å². The Morgan fingerprint density at radius 2 is 2.36 bits per heavy atom. The van der Waals surface area contributed by atoms with Crippen molar-refractivity contribution in [1.82, 2.24) is 9.78 Å². The minimum Gasteiger partial charge on any atom is -0.264 e. The lowest BCUT2D eigenvalue weighted by atomic mass is 10.3. The van der Waals surface area contributed by atoms with E-state index in [1.165, 1.54) is 0 Å². The summed E-state index contributed by atoms with van der Waals surface area (Å²) >= 11 is 11.6. The topological polar surface area (TPSA) is 17.8 Å². The van der Waals surface area contributed by atoms with E-state index in [9.17, 15) is 0 Å². The molecule has 1 aromatic rings. The highest BCUT2D eigenvalue weighted by molar-refractivity contribution is 6.31. The van der Waals surface area contributed by atoms with Gasteiger partial charge in [-0.15, -0.1) is 11.6 Å². The van der Waals surface area contributed by atoms with E-state index in [0.29, 0.717) is 10.9 Å². The second-order valence-corrected chi connectivity index (χ2v) is 3.77. The van der Waals surface area contributed by atoms with Crippen molar-refractivity contribution < 1.29 is 0 Å². The van der Waals surface area contributed by atoms with Gasteiger partial charge in [0, 0.05) is 12.4 Å². The molecule has 0 unspecified atom stereocenters. The zero-order valence-corrected chi connectivity index (χ0v) is 9.72. The van der Waals surface area contributed by atoms with Gasteiger partial charge in [0.2, 0.25) is 0 Å². The van der Waals surface area contributed by atoms with Gasteiger partial charge < -0.3 is 0 Å². The summed E-state index contributed by atoms with van der Waals surface area (Å²) in [5.41, 5.74) is 0.971. The van der Waals surface area contributed by atoms with E-state index in [0.717, 1.165) is 25.1 Å². The molecule has 0 aliphatic heterocycles. The van der Waals surface area contributed by atoms with Gasteiger partial charge in [-0.25, -0.2) is 0 Å². The molecule has 0 aromatic carbocycles. The van der Waals surface area contributed by atoms with Crippen molar-refractivity contribution in [3.63, 3.8) is 0 Å². The fraction of sp³-hybridized carbons (Fsp3) is 0.500. The Balaban J connectivity index is 2.76. The van der Waals surface area contributed by atoms with Crippen molar-refractivity contribution in [2.75, 3.05) is 5.88 Å². The van der Waals surface area contributed by atoms with E-state index in [1.807, 2.05) is 16.8 Å². The molecule has 0 bridgehead atoms. The van der Waals surface area contributed by atoms with Crippen LogP contribution in [0.15, 0.2) is 12.3 Å². The molecule has 0 saturated carbocycles. The lowest BCUT2D eigenvalue weighted by Gasteiger charge is -2.01. The fourth-order valence-corrected chi connectivity index (χ4v) is 1.52. The van der Waals surface area contributed by atoms with Crippen molar-refractivity contribution in [3.05, 3.63) is 23.0 Å². The summed E-state index contributed by atoms with van der Waals surface area (Å²) < 4.78 is 1.91. The molecule has 0 aliphatic carbocycles. The average molecular weight is 233 g/mol. The van der Waals surface area contributed by atoms with Crippen molar-refractivity contribution in [3.8, 4) is 0 Å². The van der Waals surface area contributed by atoms with Crippen LogP contribution in [0.1, 0.15) is 25.5 Å². The first-order chi connectivity index (χ1) is 6.79. The van der Waals surface area contributed by atoms with Crippen LogP contribution in [0.25, 0.3) is 6.08 Å². The minimum atomic E-state index is 0.635. The third-order valence-corrected chi connectivity index (χ3v) is 2.33. The molecular formula is C10H14Cl2N2. The molecule has 0 atom stereocenters. The van der Waals surface area contributed by atoms with Gasteiger partial charge >= 0.3 is 0 Å². The van der Waals surface area contributed by atoms with Crippen LogP contribution in [0.4, 0.5) is 0 Å². The maximum Gasteiger partial charge on any atom is 0.0859 e. The minimum absolute atomic E-state index is 0.635. The summed E-state index contributed by atoms with van der Waals surface area (Å²) in [5, 5.41) is 4.88. The molecule has 78 valence electrons. The van der Waals surface area contributed by atoms with Crippen LogP contribution in [0, 0.1) is 0 Å². The third-order valence-electron chi connectivity index (χ3n) is 1.82. The number of alkyl halides is 1. The number of nitrogens with zero attached hydrogens (tertiary/aromatic N) is 2. The highest BCUT2D eigenvalue weighted by Crippen LogP contribution is 2.17. The molecule has 0 spiro atoms. The number of aryl methyl sites for hydroxylation is 1. The molecule has 1 rings (SSSR count). The fourth-order valence-electron chi connectivity index (χ4n) is 1.19. The van der Waals surface area contributed by atoms with E-state index in [1.54, 1.807) is 6.20 Å². The molecule has 4 heteroatoms. The van der Waals surface area contributed by atoms with Gasteiger partial charge in [-0.3, -0.25) is 4.68 Å². The molecule has 0 saturated heterocycles. The van der Waals surface area contributed by atoms with Crippen molar-refractivity contribution >= 4 is 29.3 Å². The monoisotopic (exact) mass is 232 g/mol. The van der Waals surface area contributed by atoms with E-state index < -0.39 is 0 Å². The van der Waals surface area contributed by atoms with Crippen LogP contribution in [-0.2, 0) is 6.54 Å². The SMILES string of the molecule is CCCn1ncc(Cl)c1/C=C/CCCl. The first-order valence-electron chi connectivity index (χ1n) is 4.73. The van der Waals surface area contributed by atoms with Crippen molar-refractivity contribution in [2.45, 2.75) is 26.3 Å². The summed E-state index contributed by atoms with van der Waals surface area (Å²) in [5.74, 6) is 0.635. The quantitative estimate of drug-likeness (QED) is 0.710.